The predicted molar refractivity (Wildman–Crippen MR) is 56.7 cm³/mol. The van der Waals surface area contributed by atoms with Crippen LogP contribution < -0.4 is 58.6 Å². The molecule has 0 saturated carbocycles. The average molecular weight is 244 g/mol. The second kappa shape index (κ2) is 11.4. The number of hydrogen-bond donors (Lipinski definition) is 0. The second-order valence-corrected chi connectivity index (χ2v) is 2.97. The number of benzene rings is 2. The van der Waals surface area contributed by atoms with Gasteiger partial charge in [-0.15, -0.1) is 5.75 Å². The molecule has 0 saturated heterocycles. The van der Waals surface area contributed by atoms with Crippen molar-refractivity contribution in [2.75, 3.05) is 0 Å². The Morgan fingerprint density at radius 1 is 0.833 bits per heavy atom. The van der Waals surface area contributed by atoms with Crippen molar-refractivity contribution in [1.82, 2.24) is 0 Å². The molecule has 0 aliphatic heterocycles. The van der Waals surface area contributed by atoms with Gasteiger partial charge in [-0.25, -0.2) is 0 Å². The third-order valence-electron chi connectivity index (χ3n) is 1.75. The number of carbonyl (C=O) groups excluding carboxylic acids is 1. The monoisotopic (exact) mass is 244 g/mol. The van der Waals surface area contributed by atoms with Crippen molar-refractivity contribution in [3.8, 4) is 5.75 Å². The van der Waals surface area contributed by atoms with Crippen LogP contribution in [0.5, 0.6) is 5.75 Å². The summed E-state index contributed by atoms with van der Waals surface area (Å²) in [6.45, 7) is 0. The Morgan fingerprint density at radius 2 is 1.22 bits per heavy atom. The van der Waals surface area contributed by atoms with Gasteiger partial charge >= 0.3 is 48.4 Å². The number of para-hydroxylation sites is 1. The molecule has 2 rings (SSSR count). The van der Waals surface area contributed by atoms with Crippen molar-refractivity contribution >= 4 is 5.97 Å². The summed E-state index contributed by atoms with van der Waals surface area (Å²) in [7, 11) is 0. The van der Waals surface area contributed by atoms with Crippen LogP contribution in [-0.2, 0) is 0 Å². The van der Waals surface area contributed by atoms with Crippen LogP contribution in [0.25, 0.3) is 0 Å². The van der Waals surface area contributed by atoms with E-state index in [0.717, 1.165) is 0 Å². The SMILES string of the molecule is O=C([O-])c1ccccc1.[Li+].[Na+].[O-]c1ccccc1. The van der Waals surface area contributed by atoms with E-state index < -0.39 is 5.97 Å². The molecule has 0 amide bonds. The third kappa shape index (κ3) is 8.41. The van der Waals surface area contributed by atoms with Gasteiger partial charge in [0.25, 0.3) is 0 Å². The average Bonchev–Trinajstić information content (AvgIpc) is 2.32. The molecule has 0 spiro atoms. The molecule has 0 radical (unpaired) electrons. The number of aromatic carboxylic acids is 1. The van der Waals surface area contributed by atoms with Gasteiger partial charge in [-0.1, -0.05) is 60.7 Å². The van der Waals surface area contributed by atoms with Crippen LogP contribution in [0.1, 0.15) is 10.4 Å². The van der Waals surface area contributed by atoms with E-state index in [9.17, 15) is 15.0 Å². The zero-order chi connectivity index (χ0) is 11.8. The van der Waals surface area contributed by atoms with Gasteiger partial charge in [0.1, 0.15) is 0 Å². The molecular weight excluding hydrogens is 234 g/mol. The summed E-state index contributed by atoms with van der Waals surface area (Å²) in [6.07, 6.45) is 0. The fraction of sp³-hybridized carbons (Fsp3) is 0. The number of carboxylic acids is 1. The van der Waals surface area contributed by atoms with Gasteiger partial charge in [0.05, 0.1) is 5.97 Å². The van der Waals surface area contributed by atoms with E-state index in [1.54, 1.807) is 30.3 Å². The van der Waals surface area contributed by atoms with Gasteiger partial charge in [-0.3, -0.25) is 0 Å². The number of hydrogen-bond acceptors (Lipinski definition) is 3. The summed E-state index contributed by atoms with van der Waals surface area (Å²) >= 11 is 0. The van der Waals surface area contributed by atoms with E-state index in [1.165, 1.54) is 24.3 Å². The maximum absolute atomic E-state index is 10.3. The molecule has 0 unspecified atom stereocenters. The van der Waals surface area contributed by atoms with Crippen LogP contribution in [0.15, 0.2) is 60.7 Å². The third-order valence-corrected chi connectivity index (χ3v) is 1.75. The Balaban J connectivity index is 0. The first-order valence-electron chi connectivity index (χ1n) is 4.68. The minimum Gasteiger partial charge on any atom is -0.872 e. The normalized spacial score (nSPS) is 7.78. The Labute approximate surface area is 140 Å². The first-order chi connectivity index (χ1) is 7.70. The number of carboxylic acid groups (broad SMARTS) is 1. The summed E-state index contributed by atoms with van der Waals surface area (Å²) in [4.78, 5) is 10.1. The first-order valence-corrected chi connectivity index (χ1v) is 4.68. The van der Waals surface area contributed by atoms with Crippen LogP contribution in [-0.4, -0.2) is 5.97 Å². The molecule has 0 atom stereocenters. The van der Waals surface area contributed by atoms with E-state index in [1.807, 2.05) is 6.07 Å². The Kier molecular flexibility index (Phi) is 12.4. The zero-order valence-electron chi connectivity index (χ0n) is 10.5. The standard InChI is InChI=1S/C7H6O2.C6H6O.Li.Na/c8-7(9)6-4-2-1-3-5-6;7-6-4-2-1-3-5-6;;/h1-5H,(H,8,9);1-5,7H;;/q;;2*+1/p-2. The van der Waals surface area contributed by atoms with Crippen molar-refractivity contribution < 1.29 is 63.4 Å². The van der Waals surface area contributed by atoms with Crippen LogP contribution in [0.2, 0.25) is 0 Å². The zero-order valence-corrected chi connectivity index (χ0v) is 12.5. The molecule has 82 valence electrons. The minimum atomic E-state index is -1.13. The first kappa shape index (κ1) is 19.6. The fourth-order valence-corrected chi connectivity index (χ4v) is 0.995. The van der Waals surface area contributed by atoms with E-state index in [4.69, 9.17) is 0 Å². The maximum Gasteiger partial charge on any atom is 1.00 e. The van der Waals surface area contributed by atoms with E-state index in [-0.39, 0.29) is 59.7 Å². The molecule has 18 heavy (non-hydrogen) atoms. The smallest absolute Gasteiger partial charge is 0.872 e. The molecule has 0 bridgehead atoms. The van der Waals surface area contributed by atoms with Crippen molar-refractivity contribution in [1.29, 1.82) is 0 Å². The van der Waals surface area contributed by atoms with Crippen LogP contribution in [0.3, 0.4) is 0 Å². The van der Waals surface area contributed by atoms with Gasteiger partial charge in [-0.05, 0) is 5.56 Å². The van der Waals surface area contributed by atoms with Gasteiger partial charge in [0.2, 0.25) is 0 Å². The topological polar surface area (TPSA) is 63.2 Å². The summed E-state index contributed by atoms with van der Waals surface area (Å²) in [5.41, 5.74) is 0.220. The predicted octanol–water partition coefficient (Wildman–Crippen LogP) is -5.18. The summed E-state index contributed by atoms with van der Waals surface area (Å²) in [5.74, 6) is -1.06. The molecule has 0 fully saturated rings. The maximum atomic E-state index is 10.3. The molecule has 5 heteroatoms. The van der Waals surface area contributed by atoms with Gasteiger partial charge in [-0.2, -0.15) is 0 Å². The number of rotatable bonds is 1. The van der Waals surface area contributed by atoms with Crippen LogP contribution >= 0.6 is 0 Å². The quantitative estimate of drug-likeness (QED) is 0.471. The van der Waals surface area contributed by atoms with E-state index in [0.29, 0.717) is 0 Å². The van der Waals surface area contributed by atoms with Crippen LogP contribution in [0, 0.1) is 0 Å². The Bertz CT molecular complexity index is 435. The fourth-order valence-electron chi connectivity index (χ4n) is 0.995. The molecule has 0 heterocycles. The minimum absolute atomic E-state index is 0. The summed E-state index contributed by atoms with van der Waals surface area (Å²) < 4.78 is 0. The molecule has 3 nitrogen and oxygen atoms in total. The van der Waals surface area contributed by atoms with E-state index >= 15 is 0 Å². The molecule has 0 aliphatic rings. The molecular formula is C13H10LiNaO3. The molecule has 0 N–H and O–H groups in total. The van der Waals surface area contributed by atoms with Crippen molar-refractivity contribution in [3.63, 3.8) is 0 Å². The Hall–Kier alpha value is -0.693. The van der Waals surface area contributed by atoms with Gasteiger partial charge < -0.3 is 15.0 Å². The molecule has 2 aromatic rings. The van der Waals surface area contributed by atoms with Crippen molar-refractivity contribution in [3.05, 3.63) is 66.2 Å². The van der Waals surface area contributed by atoms with E-state index in [2.05, 4.69) is 0 Å². The largest absolute Gasteiger partial charge is 1.00 e. The van der Waals surface area contributed by atoms with Gasteiger partial charge in [0.15, 0.2) is 0 Å². The Morgan fingerprint density at radius 3 is 1.44 bits per heavy atom. The van der Waals surface area contributed by atoms with Crippen molar-refractivity contribution in [2.45, 2.75) is 0 Å². The van der Waals surface area contributed by atoms with Crippen molar-refractivity contribution in [2.24, 2.45) is 0 Å². The number of carbonyl (C=O) groups is 1. The van der Waals surface area contributed by atoms with Gasteiger partial charge in [0, 0.05) is 0 Å². The van der Waals surface area contributed by atoms with Crippen LogP contribution in [0.4, 0.5) is 0 Å². The molecule has 0 aromatic heterocycles. The molecule has 0 aliphatic carbocycles. The summed E-state index contributed by atoms with van der Waals surface area (Å²) in [6, 6.07) is 16.4. The second-order valence-electron chi connectivity index (χ2n) is 2.97. The summed E-state index contributed by atoms with van der Waals surface area (Å²) in [5, 5.41) is 20.4. The molecule has 2 aromatic carbocycles.